The van der Waals surface area contributed by atoms with E-state index in [0.717, 1.165) is 16.9 Å². The molecule has 2 aliphatic heterocycles. The number of fused-ring (bicyclic) bond motifs is 1. The molecule has 25 heavy (non-hydrogen) atoms. The quantitative estimate of drug-likeness (QED) is 0.819. The van der Waals surface area contributed by atoms with Gasteiger partial charge in [0.05, 0.1) is 5.37 Å². The van der Waals surface area contributed by atoms with Gasteiger partial charge in [-0.3, -0.25) is 0 Å². The summed E-state index contributed by atoms with van der Waals surface area (Å²) in [6.45, 7) is 0.698. The molecule has 0 saturated carbocycles. The molecule has 130 valence electrons. The van der Waals surface area contributed by atoms with Crippen molar-refractivity contribution in [2.24, 2.45) is 0 Å². The van der Waals surface area contributed by atoms with Crippen LogP contribution in [0.4, 0.5) is 0 Å². The molecule has 7 heteroatoms. The number of hydrogen-bond acceptors (Lipinski definition) is 5. The number of thioether (sulfide) groups is 1. The second-order valence-electron chi connectivity index (χ2n) is 5.70. The Balaban J connectivity index is 1.59. The van der Waals surface area contributed by atoms with E-state index in [-0.39, 0.29) is 12.2 Å². The normalized spacial score (nSPS) is 20.4. The van der Waals surface area contributed by atoms with Crippen molar-refractivity contribution in [1.29, 1.82) is 0 Å². The summed E-state index contributed by atoms with van der Waals surface area (Å²) in [4.78, 5) is 0. The van der Waals surface area contributed by atoms with Crippen LogP contribution in [0, 0.1) is 0 Å². The molecule has 4 rings (SSSR count). The number of hydrogen-bond donors (Lipinski definition) is 0. The Hall–Kier alpha value is -1.96. The van der Waals surface area contributed by atoms with E-state index in [1.165, 1.54) is 9.71 Å². The van der Waals surface area contributed by atoms with E-state index in [1.54, 1.807) is 17.8 Å². The first-order valence-corrected chi connectivity index (χ1v) is 10.4. The van der Waals surface area contributed by atoms with Crippen LogP contribution in [-0.4, -0.2) is 31.8 Å². The van der Waals surface area contributed by atoms with Gasteiger partial charge in [-0.2, -0.15) is 4.31 Å². The lowest BCUT2D eigenvalue weighted by molar-refractivity contribution is 0.174. The van der Waals surface area contributed by atoms with Gasteiger partial charge in [-0.05, 0) is 29.3 Å². The summed E-state index contributed by atoms with van der Waals surface area (Å²) in [5, 5.41) is 1.04. The third-order valence-corrected chi connectivity index (χ3v) is 7.01. The summed E-state index contributed by atoms with van der Waals surface area (Å²) in [6.07, 6.45) is 1.63. The van der Waals surface area contributed by atoms with E-state index in [4.69, 9.17) is 9.47 Å². The zero-order chi connectivity index (χ0) is 17.3. The molecule has 0 N–H and O–H groups in total. The zero-order valence-corrected chi connectivity index (χ0v) is 15.0. The molecule has 5 nitrogen and oxygen atoms in total. The topological polar surface area (TPSA) is 55.8 Å². The number of sulfonamides is 1. The SMILES string of the molecule is O=S(=O)(/C=C/c1ccccc1)N1CCS[C@H]1c1ccc2c(c1)OCO2. The lowest BCUT2D eigenvalue weighted by atomic mass is 10.2. The highest BCUT2D eigenvalue weighted by Gasteiger charge is 2.35. The second kappa shape index (κ2) is 6.74. The van der Waals surface area contributed by atoms with Gasteiger partial charge in [0.15, 0.2) is 11.5 Å². The van der Waals surface area contributed by atoms with Crippen LogP contribution < -0.4 is 9.47 Å². The van der Waals surface area contributed by atoms with Crippen LogP contribution in [0.1, 0.15) is 16.5 Å². The van der Waals surface area contributed by atoms with E-state index in [0.29, 0.717) is 18.0 Å². The fourth-order valence-corrected chi connectivity index (χ4v) is 5.87. The van der Waals surface area contributed by atoms with Crippen LogP contribution in [-0.2, 0) is 10.0 Å². The van der Waals surface area contributed by atoms with Gasteiger partial charge >= 0.3 is 0 Å². The number of benzene rings is 2. The van der Waals surface area contributed by atoms with Gasteiger partial charge in [-0.25, -0.2) is 8.42 Å². The van der Waals surface area contributed by atoms with Crippen LogP contribution in [0.25, 0.3) is 6.08 Å². The summed E-state index contributed by atoms with van der Waals surface area (Å²) >= 11 is 1.61. The van der Waals surface area contributed by atoms with Crippen molar-refractivity contribution in [1.82, 2.24) is 4.31 Å². The van der Waals surface area contributed by atoms with Crippen LogP contribution in [0.5, 0.6) is 11.5 Å². The summed E-state index contributed by atoms with van der Waals surface area (Å²) < 4.78 is 37.9. The van der Waals surface area contributed by atoms with Gasteiger partial charge < -0.3 is 9.47 Å². The minimum absolute atomic E-state index is 0.207. The van der Waals surface area contributed by atoms with Crippen LogP contribution >= 0.6 is 11.8 Å². The Bertz CT molecular complexity index is 897. The molecular weight excluding hydrogens is 358 g/mol. The molecule has 0 aromatic heterocycles. The minimum Gasteiger partial charge on any atom is -0.454 e. The summed E-state index contributed by atoms with van der Waals surface area (Å²) in [5.74, 6) is 2.13. The number of nitrogens with zero attached hydrogens (tertiary/aromatic N) is 1. The molecule has 0 bridgehead atoms. The smallest absolute Gasteiger partial charge is 0.237 e. The molecule has 2 heterocycles. The maximum atomic E-state index is 12.8. The highest BCUT2D eigenvalue weighted by Crippen LogP contribution is 2.43. The fourth-order valence-electron chi connectivity index (χ4n) is 2.85. The van der Waals surface area contributed by atoms with E-state index < -0.39 is 10.0 Å². The first-order valence-electron chi connectivity index (χ1n) is 7.90. The van der Waals surface area contributed by atoms with Gasteiger partial charge in [-0.15, -0.1) is 11.8 Å². The molecule has 1 saturated heterocycles. The van der Waals surface area contributed by atoms with Gasteiger partial charge in [0.25, 0.3) is 0 Å². The third kappa shape index (κ3) is 3.40. The van der Waals surface area contributed by atoms with E-state index in [2.05, 4.69) is 0 Å². The van der Waals surface area contributed by atoms with Crippen molar-refractivity contribution < 1.29 is 17.9 Å². The van der Waals surface area contributed by atoms with Crippen molar-refractivity contribution in [3.8, 4) is 11.5 Å². The average molecular weight is 375 g/mol. The molecule has 0 unspecified atom stereocenters. The summed E-state index contributed by atoms with van der Waals surface area (Å²) in [6, 6.07) is 15.0. The Morgan fingerprint density at radius 3 is 2.72 bits per heavy atom. The Morgan fingerprint density at radius 2 is 1.88 bits per heavy atom. The standard InChI is InChI=1S/C18H17NO4S2/c20-25(21,11-8-14-4-2-1-3-5-14)19-9-10-24-18(19)15-6-7-16-17(12-15)23-13-22-16/h1-8,11-12,18H,9-10,13H2/b11-8+/t18-/m0/s1. The molecule has 1 atom stereocenters. The first kappa shape index (κ1) is 16.5. The molecule has 0 aliphatic carbocycles. The summed E-state index contributed by atoms with van der Waals surface area (Å²) in [5.41, 5.74) is 1.76. The van der Waals surface area contributed by atoms with Crippen LogP contribution in [0.15, 0.2) is 53.9 Å². The lowest BCUT2D eigenvalue weighted by Gasteiger charge is -2.22. The van der Waals surface area contributed by atoms with Crippen molar-refractivity contribution >= 4 is 27.9 Å². The molecule has 0 radical (unpaired) electrons. The Kier molecular flexibility index (Phi) is 4.45. The Labute approximate surface area is 151 Å². The van der Waals surface area contributed by atoms with Gasteiger partial charge in [0.2, 0.25) is 16.8 Å². The van der Waals surface area contributed by atoms with E-state index >= 15 is 0 Å². The molecule has 1 fully saturated rings. The lowest BCUT2D eigenvalue weighted by Crippen LogP contribution is -2.28. The number of ether oxygens (including phenoxy) is 2. The first-order chi connectivity index (χ1) is 12.1. The highest BCUT2D eigenvalue weighted by molar-refractivity contribution is 8.01. The average Bonchev–Trinajstić information content (AvgIpc) is 3.29. The van der Waals surface area contributed by atoms with Crippen LogP contribution in [0.2, 0.25) is 0 Å². The maximum Gasteiger partial charge on any atom is 0.237 e. The summed E-state index contributed by atoms with van der Waals surface area (Å²) in [7, 11) is -3.51. The van der Waals surface area contributed by atoms with Gasteiger partial charge in [0, 0.05) is 17.7 Å². The van der Waals surface area contributed by atoms with E-state index in [9.17, 15) is 8.42 Å². The molecule has 0 amide bonds. The van der Waals surface area contributed by atoms with Crippen molar-refractivity contribution in [3.63, 3.8) is 0 Å². The van der Waals surface area contributed by atoms with Gasteiger partial charge in [-0.1, -0.05) is 36.4 Å². The van der Waals surface area contributed by atoms with Crippen molar-refractivity contribution in [2.75, 3.05) is 19.1 Å². The molecular formula is C18H17NO4S2. The van der Waals surface area contributed by atoms with Crippen molar-refractivity contribution in [2.45, 2.75) is 5.37 Å². The predicted molar refractivity (Wildman–Crippen MR) is 98.9 cm³/mol. The minimum atomic E-state index is -3.51. The largest absolute Gasteiger partial charge is 0.454 e. The molecule has 2 aromatic rings. The second-order valence-corrected chi connectivity index (χ2v) is 8.66. The van der Waals surface area contributed by atoms with Crippen molar-refractivity contribution in [3.05, 3.63) is 65.1 Å². The molecule has 2 aromatic carbocycles. The number of rotatable bonds is 4. The van der Waals surface area contributed by atoms with E-state index in [1.807, 2.05) is 48.5 Å². The third-order valence-electron chi connectivity index (χ3n) is 4.09. The monoisotopic (exact) mass is 375 g/mol. The predicted octanol–water partition coefficient (Wildman–Crippen LogP) is 3.46. The Morgan fingerprint density at radius 1 is 1.08 bits per heavy atom. The van der Waals surface area contributed by atoms with Crippen LogP contribution in [0.3, 0.4) is 0 Å². The molecule has 2 aliphatic rings. The highest BCUT2D eigenvalue weighted by atomic mass is 32.2. The van der Waals surface area contributed by atoms with Gasteiger partial charge in [0.1, 0.15) is 0 Å². The maximum absolute atomic E-state index is 12.8. The fraction of sp³-hybridized carbons (Fsp3) is 0.222. The zero-order valence-electron chi connectivity index (χ0n) is 13.4. The molecule has 0 spiro atoms.